The predicted molar refractivity (Wildman–Crippen MR) is 100 cm³/mol. The third kappa shape index (κ3) is 3.94. The molecule has 1 amide bonds. The maximum Gasteiger partial charge on any atom is 0.228 e. The van der Waals surface area contributed by atoms with Crippen LogP contribution in [0.5, 0.6) is 5.75 Å². The van der Waals surface area contributed by atoms with E-state index in [0.29, 0.717) is 5.82 Å². The van der Waals surface area contributed by atoms with Gasteiger partial charge in [-0.2, -0.15) is 0 Å². The van der Waals surface area contributed by atoms with Gasteiger partial charge in [-0.25, -0.2) is 4.98 Å². The van der Waals surface area contributed by atoms with Gasteiger partial charge in [0.15, 0.2) is 0 Å². The van der Waals surface area contributed by atoms with Crippen LogP contribution in [-0.4, -0.2) is 30.6 Å². The quantitative estimate of drug-likeness (QED) is 0.884. The summed E-state index contributed by atoms with van der Waals surface area (Å²) < 4.78 is 5.55. The minimum absolute atomic E-state index is 0. The Bertz CT molecular complexity index is 760. The first kappa shape index (κ1) is 17.7. The van der Waals surface area contributed by atoms with E-state index in [1.165, 1.54) is 5.56 Å². The zero-order chi connectivity index (χ0) is 16.4. The lowest BCUT2D eigenvalue weighted by molar-refractivity contribution is -0.120. The summed E-state index contributed by atoms with van der Waals surface area (Å²) >= 11 is 0. The summed E-state index contributed by atoms with van der Waals surface area (Å²) in [7, 11) is 0. The largest absolute Gasteiger partial charge is 0.493 e. The van der Waals surface area contributed by atoms with Crippen molar-refractivity contribution in [1.29, 1.82) is 0 Å². The molecule has 0 bridgehead atoms. The van der Waals surface area contributed by atoms with E-state index in [1.54, 1.807) is 0 Å². The number of hydrogen-bond acceptors (Lipinski definition) is 4. The van der Waals surface area contributed by atoms with Crippen LogP contribution in [0.25, 0.3) is 11.3 Å². The second kappa shape index (κ2) is 7.85. The fourth-order valence-electron chi connectivity index (χ4n) is 3.32. The fraction of sp³-hybridized carbons (Fsp3) is 0.368. The van der Waals surface area contributed by atoms with Gasteiger partial charge in [0, 0.05) is 17.9 Å². The van der Waals surface area contributed by atoms with E-state index in [-0.39, 0.29) is 24.2 Å². The van der Waals surface area contributed by atoms with Crippen LogP contribution in [0.3, 0.4) is 0 Å². The monoisotopic (exact) mass is 359 g/mol. The molecule has 0 atom stereocenters. The van der Waals surface area contributed by atoms with E-state index in [9.17, 15) is 4.79 Å². The molecule has 3 heterocycles. The van der Waals surface area contributed by atoms with Crippen LogP contribution >= 0.6 is 12.4 Å². The van der Waals surface area contributed by atoms with E-state index in [0.717, 1.165) is 56.0 Å². The standard InChI is InChI=1S/C19H21N3O2.ClH/c23-19(13-6-9-20-10-7-13)22-18-3-1-2-16(21-18)14-4-5-17-15(12-14)8-11-24-17;/h1-5,12-13,20H,6-11H2,(H,21,22,23);1H. The van der Waals surface area contributed by atoms with Gasteiger partial charge in [0.25, 0.3) is 0 Å². The minimum atomic E-state index is 0. The van der Waals surface area contributed by atoms with E-state index >= 15 is 0 Å². The van der Waals surface area contributed by atoms with Crippen LogP contribution in [-0.2, 0) is 11.2 Å². The number of hydrogen-bond donors (Lipinski definition) is 2. The van der Waals surface area contributed by atoms with Crippen molar-refractivity contribution in [2.45, 2.75) is 19.3 Å². The molecule has 5 nitrogen and oxygen atoms in total. The van der Waals surface area contributed by atoms with Crippen LogP contribution in [0, 0.1) is 5.92 Å². The Hall–Kier alpha value is -2.11. The van der Waals surface area contributed by atoms with Crippen molar-refractivity contribution in [3.8, 4) is 17.0 Å². The van der Waals surface area contributed by atoms with Gasteiger partial charge in [-0.15, -0.1) is 12.4 Å². The predicted octanol–water partition coefficient (Wildman–Crippen LogP) is 3.04. The number of nitrogens with zero attached hydrogens (tertiary/aromatic N) is 1. The molecule has 2 aliphatic heterocycles. The van der Waals surface area contributed by atoms with E-state index in [4.69, 9.17) is 4.74 Å². The lowest BCUT2D eigenvalue weighted by Crippen LogP contribution is -2.34. The van der Waals surface area contributed by atoms with E-state index in [1.807, 2.05) is 30.3 Å². The summed E-state index contributed by atoms with van der Waals surface area (Å²) in [5.41, 5.74) is 3.14. The van der Waals surface area contributed by atoms with E-state index in [2.05, 4.69) is 21.7 Å². The van der Waals surface area contributed by atoms with Gasteiger partial charge in [0.05, 0.1) is 12.3 Å². The molecule has 6 heteroatoms. The number of carbonyl (C=O) groups is 1. The molecule has 1 fully saturated rings. The van der Waals surface area contributed by atoms with Crippen molar-refractivity contribution in [1.82, 2.24) is 10.3 Å². The van der Waals surface area contributed by atoms with Gasteiger partial charge in [0.1, 0.15) is 11.6 Å². The van der Waals surface area contributed by atoms with Gasteiger partial charge in [-0.1, -0.05) is 6.07 Å². The van der Waals surface area contributed by atoms with Crippen LogP contribution in [0.2, 0.25) is 0 Å². The number of fused-ring (bicyclic) bond motifs is 1. The lowest BCUT2D eigenvalue weighted by Gasteiger charge is -2.21. The maximum atomic E-state index is 12.4. The third-order valence-electron chi connectivity index (χ3n) is 4.70. The van der Waals surface area contributed by atoms with Crippen molar-refractivity contribution >= 4 is 24.1 Å². The Morgan fingerprint density at radius 3 is 2.88 bits per heavy atom. The molecule has 2 aromatic rings. The molecule has 0 aliphatic carbocycles. The fourth-order valence-corrected chi connectivity index (χ4v) is 3.32. The topological polar surface area (TPSA) is 63.2 Å². The lowest BCUT2D eigenvalue weighted by atomic mass is 9.97. The van der Waals surface area contributed by atoms with Crippen molar-refractivity contribution in [3.63, 3.8) is 0 Å². The maximum absolute atomic E-state index is 12.4. The molecule has 1 aromatic carbocycles. The molecule has 0 saturated carbocycles. The first-order valence-electron chi connectivity index (χ1n) is 8.54. The Morgan fingerprint density at radius 2 is 2.04 bits per heavy atom. The first-order valence-corrected chi connectivity index (χ1v) is 8.54. The zero-order valence-corrected chi connectivity index (χ0v) is 14.8. The minimum Gasteiger partial charge on any atom is -0.493 e. The molecule has 132 valence electrons. The molecule has 2 N–H and O–H groups in total. The highest BCUT2D eigenvalue weighted by Crippen LogP contribution is 2.30. The summed E-state index contributed by atoms with van der Waals surface area (Å²) in [4.78, 5) is 17.0. The molecular weight excluding hydrogens is 338 g/mol. The average molecular weight is 360 g/mol. The molecular formula is C19H22ClN3O2. The van der Waals surface area contributed by atoms with Gasteiger partial charge >= 0.3 is 0 Å². The number of benzene rings is 1. The molecule has 2 aliphatic rings. The smallest absolute Gasteiger partial charge is 0.228 e. The second-order valence-electron chi connectivity index (χ2n) is 6.34. The van der Waals surface area contributed by atoms with Crippen molar-refractivity contribution in [2.24, 2.45) is 5.92 Å². The van der Waals surface area contributed by atoms with Gasteiger partial charge < -0.3 is 15.4 Å². The second-order valence-corrected chi connectivity index (χ2v) is 6.34. The number of anilines is 1. The Kier molecular flexibility index (Phi) is 5.56. The summed E-state index contributed by atoms with van der Waals surface area (Å²) in [6.07, 6.45) is 2.71. The number of pyridine rings is 1. The SMILES string of the molecule is Cl.O=C(Nc1cccc(-c2ccc3c(c2)CCO3)n1)C1CCNCC1. The summed E-state index contributed by atoms with van der Waals surface area (Å²) in [5.74, 6) is 1.74. The Morgan fingerprint density at radius 1 is 1.20 bits per heavy atom. The summed E-state index contributed by atoms with van der Waals surface area (Å²) in [6.45, 7) is 2.56. The number of rotatable bonds is 3. The Labute approximate surface area is 153 Å². The number of halogens is 1. The Balaban J connectivity index is 0.00000182. The zero-order valence-electron chi connectivity index (χ0n) is 14.0. The number of nitrogens with one attached hydrogen (secondary N) is 2. The average Bonchev–Trinajstić information content (AvgIpc) is 3.10. The molecule has 0 unspecified atom stereocenters. The highest BCUT2D eigenvalue weighted by molar-refractivity contribution is 5.92. The van der Waals surface area contributed by atoms with Crippen LogP contribution in [0.4, 0.5) is 5.82 Å². The highest BCUT2D eigenvalue weighted by atomic mass is 35.5. The normalized spacial score (nSPS) is 16.5. The molecule has 25 heavy (non-hydrogen) atoms. The van der Waals surface area contributed by atoms with Gasteiger partial charge in [-0.05, 0) is 61.8 Å². The van der Waals surface area contributed by atoms with Crippen LogP contribution in [0.15, 0.2) is 36.4 Å². The van der Waals surface area contributed by atoms with Gasteiger partial charge in [-0.3, -0.25) is 4.79 Å². The number of amides is 1. The molecule has 4 rings (SSSR count). The first-order chi connectivity index (χ1) is 11.8. The van der Waals surface area contributed by atoms with Crippen LogP contribution < -0.4 is 15.4 Å². The third-order valence-corrected chi connectivity index (χ3v) is 4.70. The molecule has 0 spiro atoms. The van der Waals surface area contributed by atoms with Crippen molar-refractivity contribution < 1.29 is 9.53 Å². The molecule has 0 radical (unpaired) electrons. The van der Waals surface area contributed by atoms with Crippen molar-refractivity contribution in [2.75, 3.05) is 25.0 Å². The summed E-state index contributed by atoms with van der Waals surface area (Å²) in [6, 6.07) is 11.9. The number of ether oxygens (including phenoxy) is 1. The number of aromatic nitrogens is 1. The number of carbonyl (C=O) groups excluding carboxylic acids is 1. The van der Waals surface area contributed by atoms with E-state index < -0.39 is 0 Å². The van der Waals surface area contributed by atoms with Gasteiger partial charge in [0.2, 0.25) is 5.91 Å². The van der Waals surface area contributed by atoms with Crippen molar-refractivity contribution in [3.05, 3.63) is 42.0 Å². The highest BCUT2D eigenvalue weighted by Gasteiger charge is 2.21. The molecule has 1 saturated heterocycles. The number of piperidine rings is 1. The van der Waals surface area contributed by atoms with Crippen LogP contribution in [0.1, 0.15) is 18.4 Å². The molecule has 1 aromatic heterocycles. The summed E-state index contributed by atoms with van der Waals surface area (Å²) in [5, 5.41) is 6.25.